The van der Waals surface area contributed by atoms with Crippen molar-refractivity contribution in [3.8, 4) is 0 Å². The molecule has 3 aromatic heterocycles. The molecule has 3 aromatic rings. The first-order chi connectivity index (χ1) is 18.8. The van der Waals surface area contributed by atoms with Crippen molar-refractivity contribution in [3.63, 3.8) is 0 Å². The Morgan fingerprint density at radius 3 is 2.72 bits per heavy atom. The summed E-state index contributed by atoms with van der Waals surface area (Å²) in [5.41, 5.74) is 1.75. The predicted octanol–water partition coefficient (Wildman–Crippen LogP) is 2.05. The molecule has 0 radical (unpaired) electrons. The minimum atomic E-state index is -0.842. The predicted molar refractivity (Wildman–Crippen MR) is 144 cm³/mol. The van der Waals surface area contributed by atoms with Gasteiger partial charge in [0, 0.05) is 49.5 Å². The number of amides is 3. The van der Waals surface area contributed by atoms with Crippen LogP contribution in [0.3, 0.4) is 0 Å². The fraction of sp³-hybridized carbons (Fsp3) is 0.423. The van der Waals surface area contributed by atoms with E-state index in [1.54, 1.807) is 31.3 Å². The van der Waals surface area contributed by atoms with Gasteiger partial charge in [0.2, 0.25) is 11.8 Å². The van der Waals surface area contributed by atoms with Crippen LogP contribution in [0.2, 0.25) is 0 Å². The van der Waals surface area contributed by atoms with E-state index in [0.717, 1.165) is 35.6 Å². The summed E-state index contributed by atoms with van der Waals surface area (Å²) in [5.74, 6) is -0.843. The summed E-state index contributed by atoms with van der Waals surface area (Å²) < 4.78 is 5.65. The molecule has 3 atom stereocenters. The van der Waals surface area contributed by atoms with E-state index < -0.39 is 23.9 Å². The van der Waals surface area contributed by atoms with Gasteiger partial charge in [0.15, 0.2) is 5.01 Å². The number of aromatic nitrogens is 4. The number of rotatable bonds is 6. The maximum absolute atomic E-state index is 13.3. The summed E-state index contributed by atoms with van der Waals surface area (Å²) in [7, 11) is 2.04. The zero-order chi connectivity index (χ0) is 27.5. The molecule has 0 aromatic carbocycles. The lowest BCUT2D eigenvalue weighted by atomic mass is 9.82. The van der Waals surface area contributed by atoms with Crippen molar-refractivity contribution in [2.75, 3.05) is 18.9 Å². The number of fused-ring (bicyclic) bond motifs is 1. The number of pyridine rings is 1. The van der Waals surface area contributed by atoms with Crippen LogP contribution in [-0.2, 0) is 22.6 Å². The van der Waals surface area contributed by atoms with Gasteiger partial charge in [0.05, 0.1) is 11.7 Å². The normalized spacial score (nSPS) is 21.0. The number of thiazole rings is 1. The molecule has 2 aliphatic rings. The lowest BCUT2D eigenvalue weighted by Crippen LogP contribution is -2.56. The van der Waals surface area contributed by atoms with E-state index in [4.69, 9.17) is 4.42 Å². The van der Waals surface area contributed by atoms with Crippen molar-refractivity contribution in [3.05, 3.63) is 57.8 Å². The van der Waals surface area contributed by atoms with Crippen molar-refractivity contribution >= 4 is 41.0 Å². The van der Waals surface area contributed by atoms with Crippen molar-refractivity contribution in [1.29, 1.82) is 0 Å². The highest BCUT2D eigenvalue weighted by Gasteiger charge is 2.37. The maximum Gasteiger partial charge on any atom is 0.314 e. The standard InChI is InChI=1S/C26H30N8O4S/c1-4-15-5-8-21(27-12-15)31-23(36)22(35)28-17-7-6-16(25-33-32-14(2)38-25)11-19(17)29-24(37)26-30-18-9-10-34(3)13-20(18)39-26/h4-5,8,12,16-17,19H,1,6-7,9-11,13H2,2-3H3,(H,28,35)(H,29,37)(H,27,31,36)/t16-,17-,19+/m0/s1. The highest BCUT2D eigenvalue weighted by molar-refractivity contribution is 7.13. The van der Waals surface area contributed by atoms with Crippen LogP contribution in [0.5, 0.6) is 0 Å². The summed E-state index contributed by atoms with van der Waals surface area (Å²) in [4.78, 5) is 50.7. The maximum atomic E-state index is 13.3. The van der Waals surface area contributed by atoms with Crippen LogP contribution in [0.4, 0.5) is 5.82 Å². The molecular weight excluding hydrogens is 520 g/mol. The Balaban J connectivity index is 1.28. The number of carbonyl (C=O) groups excluding carboxylic acids is 3. The first-order valence-corrected chi connectivity index (χ1v) is 13.6. The van der Waals surface area contributed by atoms with Crippen LogP contribution in [0.1, 0.15) is 62.9 Å². The fourth-order valence-corrected chi connectivity index (χ4v) is 5.95. The van der Waals surface area contributed by atoms with Crippen LogP contribution in [0.25, 0.3) is 6.08 Å². The minimum Gasteiger partial charge on any atom is -0.425 e. The van der Waals surface area contributed by atoms with Gasteiger partial charge in [0.1, 0.15) is 5.82 Å². The molecule has 1 fully saturated rings. The lowest BCUT2D eigenvalue weighted by molar-refractivity contribution is -0.136. The summed E-state index contributed by atoms with van der Waals surface area (Å²) in [5, 5.41) is 16.8. The first-order valence-electron chi connectivity index (χ1n) is 12.8. The lowest BCUT2D eigenvalue weighted by Gasteiger charge is -2.35. The third kappa shape index (κ3) is 6.20. The Bertz CT molecular complexity index is 1380. The molecule has 1 saturated carbocycles. The largest absolute Gasteiger partial charge is 0.425 e. The SMILES string of the molecule is C=Cc1ccc(NC(=O)C(=O)N[C@H]2CC[C@H](c3nnc(C)o3)C[C@H]2NC(=O)c2nc3c(s2)CN(C)CC3)nc1. The summed E-state index contributed by atoms with van der Waals surface area (Å²) in [6.45, 7) is 7.06. The van der Waals surface area contributed by atoms with Crippen LogP contribution < -0.4 is 16.0 Å². The molecule has 1 aliphatic heterocycles. The number of nitrogens with zero attached hydrogens (tertiary/aromatic N) is 5. The zero-order valence-corrected chi connectivity index (χ0v) is 22.6. The number of hydrogen-bond acceptors (Lipinski definition) is 10. The smallest absolute Gasteiger partial charge is 0.314 e. The topological polar surface area (TPSA) is 155 Å². The molecule has 204 valence electrons. The molecule has 1 aliphatic carbocycles. The Morgan fingerprint density at radius 2 is 2.00 bits per heavy atom. The fourth-order valence-electron chi connectivity index (χ4n) is 4.86. The van der Waals surface area contributed by atoms with Crippen molar-refractivity contribution < 1.29 is 18.8 Å². The molecule has 5 rings (SSSR count). The summed E-state index contributed by atoms with van der Waals surface area (Å²) in [6.07, 6.45) is 5.58. The van der Waals surface area contributed by atoms with Gasteiger partial charge in [-0.15, -0.1) is 21.5 Å². The molecular formula is C26H30N8O4S. The van der Waals surface area contributed by atoms with Crippen molar-refractivity contribution in [2.45, 2.75) is 57.2 Å². The number of aryl methyl sites for hydroxylation is 1. The third-order valence-corrected chi connectivity index (χ3v) is 8.04. The number of nitrogens with one attached hydrogen (secondary N) is 3. The van der Waals surface area contributed by atoms with Gasteiger partial charge in [-0.25, -0.2) is 9.97 Å². The van der Waals surface area contributed by atoms with E-state index in [1.807, 2.05) is 7.05 Å². The second-order valence-corrected chi connectivity index (χ2v) is 10.9. The Morgan fingerprint density at radius 1 is 1.15 bits per heavy atom. The van der Waals surface area contributed by atoms with Gasteiger partial charge in [-0.1, -0.05) is 12.7 Å². The summed E-state index contributed by atoms with van der Waals surface area (Å²) >= 11 is 1.39. The van der Waals surface area contributed by atoms with Gasteiger partial charge >= 0.3 is 11.8 Å². The van der Waals surface area contributed by atoms with E-state index in [2.05, 4.69) is 47.6 Å². The minimum absolute atomic E-state index is 0.0933. The molecule has 12 nitrogen and oxygen atoms in total. The third-order valence-electron chi connectivity index (χ3n) is 6.96. The average molecular weight is 551 g/mol. The molecule has 0 bridgehead atoms. The van der Waals surface area contributed by atoms with E-state index in [1.165, 1.54) is 11.3 Å². The number of carbonyl (C=O) groups is 3. The van der Waals surface area contributed by atoms with E-state index in [9.17, 15) is 14.4 Å². The Hall–Kier alpha value is -3.97. The number of hydrogen-bond donors (Lipinski definition) is 3. The highest BCUT2D eigenvalue weighted by atomic mass is 32.1. The molecule has 3 N–H and O–H groups in total. The molecule has 0 saturated heterocycles. The molecule has 0 unspecified atom stereocenters. The molecule has 3 amide bonds. The number of anilines is 1. The van der Waals surface area contributed by atoms with Gasteiger partial charge in [-0.3, -0.25) is 14.4 Å². The Kier molecular flexibility index (Phi) is 7.79. The monoisotopic (exact) mass is 550 g/mol. The van der Waals surface area contributed by atoms with E-state index in [-0.39, 0.29) is 17.6 Å². The second kappa shape index (κ2) is 11.4. The van der Waals surface area contributed by atoms with Crippen molar-refractivity contribution in [1.82, 2.24) is 35.7 Å². The molecule has 0 spiro atoms. The Labute approximate surface area is 229 Å². The van der Waals surface area contributed by atoms with Crippen LogP contribution >= 0.6 is 11.3 Å². The average Bonchev–Trinajstić information content (AvgIpc) is 3.56. The van der Waals surface area contributed by atoms with Gasteiger partial charge in [-0.05, 0) is 44.0 Å². The van der Waals surface area contributed by atoms with E-state index >= 15 is 0 Å². The van der Waals surface area contributed by atoms with E-state index in [0.29, 0.717) is 36.1 Å². The quantitative estimate of drug-likeness (QED) is 0.391. The van der Waals surface area contributed by atoms with Crippen molar-refractivity contribution in [2.24, 2.45) is 0 Å². The molecule has 39 heavy (non-hydrogen) atoms. The first kappa shape index (κ1) is 26.6. The second-order valence-electron chi connectivity index (χ2n) is 9.84. The number of likely N-dealkylation sites (N-methyl/N-ethyl adjacent to an activating group) is 1. The van der Waals surface area contributed by atoms with Crippen LogP contribution in [-0.4, -0.2) is 68.5 Å². The van der Waals surface area contributed by atoms with Crippen LogP contribution in [0.15, 0.2) is 29.3 Å². The highest BCUT2D eigenvalue weighted by Crippen LogP contribution is 2.33. The van der Waals surface area contributed by atoms with Gasteiger partial charge in [0.25, 0.3) is 5.91 Å². The van der Waals surface area contributed by atoms with Crippen LogP contribution in [0, 0.1) is 6.92 Å². The summed E-state index contributed by atoms with van der Waals surface area (Å²) in [6, 6.07) is 2.36. The van der Waals surface area contributed by atoms with Gasteiger partial charge in [-0.2, -0.15) is 0 Å². The molecule has 13 heteroatoms. The van der Waals surface area contributed by atoms with Gasteiger partial charge < -0.3 is 25.3 Å². The zero-order valence-electron chi connectivity index (χ0n) is 21.8. The molecule has 4 heterocycles.